The van der Waals surface area contributed by atoms with Crippen LogP contribution < -0.4 is 20.9 Å². The van der Waals surface area contributed by atoms with E-state index in [1.165, 1.54) is 0 Å². The molecule has 1 aliphatic rings. The molecule has 0 aliphatic carbocycles. The van der Waals surface area contributed by atoms with Gasteiger partial charge in [0.2, 0.25) is 0 Å². The zero-order chi connectivity index (χ0) is 21.9. The zero-order valence-corrected chi connectivity index (χ0v) is 17.4. The third kappa shape index (κ3) is 4.00. The third-order valence-electron chi connectivity index (χ3n) is 5.30. The molecule has 5 rings (SSSR count). The van der Waals surface area contributed by atoms with E-state index in [4.69, 9.17) is 19.6 Å². The van der Waals surface area contributed by atoms with Crippen LogP contribution in [0.4, 0.5) is 11.7 Å². The van der Waals surface area contributed by atoms with Crippen LogP contribution >= 0.6 is 0 Å². The summed E-state index contributed by atoms with van der Waals surface area (Å²) in [5, 5.41) is 0.379. The largest absolute Gasteiger partial charge is 0.487 e. The van der Waals surface area contributed by atoms with Crippen molar-refractivity contribution in [2.24, 2.45) is 0 Å². The molecular weight excluding hydrogens is 408 g/mol. The van der Waals surface area contributed by atoms with Gasteiger partial charge in [-0.3, -0.25) is 9.78 Å². The van der Waals surface area contributed by atoms with E-state index < -0.39 is 0 Å². The highest BCUT2D eigenvalue weighted by atomic mass is 16.5. The lowest BCUT2D eigenvalue weighted by molar-refractivity contribution is 0.120. The van der Waals surface area contributed by atoms with Gasteiger partial charge in [-0.15, -0.1) is 0 Å². The maximum Gasteiger partial charge on any atom is 0.301 e. The van der Waals surface area contributed by atoms with Gasteiger partial charge in [-0.1, -0.05) is 18.2 Å². The number of nitrogen functional groups attached to an aromatic ring is 1. The number of nitrogens with two attached hydrogens (primary N) is 1. The molecule has 0 amide bonds. The fraction of sp³-hybridized carbons (Fsp3) is 0.208. The first kappa shape index (κ1) is 20.0. The quantitative estimate of drug-likeness (QED) is 0.481. The second kappa shape index (κ2) is 8.68. The van der Waals surface area contributed by atoms with Crippen molar-refractivity contribution in [3.8, 4) is 16.9 Å². The van der Waals surface area contributed by atoms with Crippen molar-refractivity contribution in [3.05, 3.63) is 76.8 Å². The van der Waals surface area contributed by atoms with E-state index in [1.807, 2.05) is 41.3 Å². The Hall–Kier alpha value is -3.91. The van der Waals surface area contributed by atoms with Gasteiger partial charge in [-0.25, -0.2) is 0 Å². The number of fused-ring (bicyclic) bond motifs is 1. The van der Waals surface area contributed by atoms with Crippen molar-refractivity contribution < 1.29 is 13.9 Å². The number of pyridine rings is 1. The van der Waals surface area contributed by atoms with E-state index in [0.717, 1.165) is 11.3 Å². The number of hydrogen-bond donors (Lipinski definition) is 1. The Labute approximate surface area is 184 Å². The van der Waals surface area contributed by atoms with Gasteiger partial charge in [-0.2, -0.15) is 4.98 Å². The van der Waals surface area contributed by atoms with Crippen molar-refractivity contribution in [3.63, 3.8) is 0 Å². The van der Waals surface area contributed by atoms with Gasteiger partial charge in [0.15, 0.2) is 5.58 Å². The van der Waals surface area contributed by atoms with E-state index in [1.54, 1.807) is 24.4 Å². The SMILES string of the molecule is Nc1cccc(-c2c(OCc3ccccn3)ccc3c(=O)nc(N4CCOCC4)oc23)c1. The predicted octanol–water partition coefficient (Wildman–Crippen LogP) is 3.25. The fourth-order valence-electron chi connectivity index (χ4n) is 3.71. The van der Waals surface area contributed by atoms with Gasteiger partial charge in [0.05, 0.1) is 29.9 Å². The Balaban J connectivity index is 1.66. The predicted molar refractivity (Wildman–Crippen MR) is 122 cm³/mol. The lowest BCUT2D eigenvalue weighted by atomic mass is 10.0. The molecule has 1 fully saturated rings. The van der Waals surface area contributed by atoms with Gasteiger partial charge in [0.1, 0.15) is 12.4 Å². The Morgan fingerprint density at radius 1 is 1.06 bits per heavy atom. The summed E-state index contributed by atoms with van der Waals surface area (Å²) in [6.45, 7) is 2.58. The standard InChI is InChI=1S/C24H22N4O4/c25-17-5-3-4-16(14-17)21-20(31-15-18-6-1-2-9-26-18)8-7-19-22(21)32-24(27-23(19)29)28-10-12-30-13-11-28/h1-9,14H,10-13,15,25H2. The van der Waals surface area contributed by atoms with E-state index >= 15 is 0 Å². The molecule has 2 aromatic heterocycles. The number of benzene rings is 2. The van der Waals surface area contributed by atoms with Crippen LogP contribution in [0, 0.1) is 0 Å². The summed E-state index contributed by atoms with van der Waals surface area (Å²) in [5.74, 6) is 0.566. The average molecular weight is 430 g/mol. The molecule has 1 aliphatic heterocycles. The minimum absolute atomic E-state index is 0.271. The maximum atomic E-state index is 12.9. The van der Waals surface area contributed by atoms with E-state index in [2.05, 4.69) is 9.97 Å². The first-order chi connectivity index (χ1) is 15.7. The second-order valence-corrected chi connectivity index (χ2v) is 7.45. The van der Waals surface area contributed by atoms with Crippen molar-refractivity contribution in [1.82, 2.24) is 9.97 Å². The van der Waals surface area contributed by atoms with Crippen LogP contribution in [0.1, 0.15) is 5.69 Å². The van der Waals surface area contributed by atoms with Gasteiger partial charge in [-0.05, 0) is 42.0 Å². The normalized spacial score (nSPS) is 13.9. The maximum absolute atomic E-state index is 12.9. The zero-order valence-electron chi connectivity index (χ0n) is 17.4. The number of morpholine rings is 1. The second-order valence-electron chi connectivity index (χ2n) is 7.45. The van der Waals surface area contributed by atoms with Gasteiger partial charge in [0, 0.05) is 25.0 Å². The van der Waals surface area contributed by atoms with Gasteiger partial charge < -0.3 is 24.5 Å². The molecule has 8 heteroatoms. The van der Waals surface area contributed by atoms with Crippen LogP contribution in [0.3, 0.4) is 0 Å². The minimum atomic E-state index is -0.353. The van der Waals surface area contributed by atoms with Crippen LogP contribution in [0.2, 0.25) is 0 Å². The number of ether oxygens (including phenoxy) is 2. The molecule has 162 valence electrons. The first-order valence-corrected chi connectivity index (χ1v) is 10.4. The lowest BCUT2D eigenvalue weighted by Gasteiger charge is -2.26. The highest BCUT2D eigenvalue weighted by molar-refractivity contribution is 5.96. The molecule has 2 N–H and O–H groups in total. The Kier molecular flexibility index (Phi) is 5.43. The molecule has 0 atom stereocenters. The molecule has 2 aromatic carbocycles. The van der Waals surface area contributed by atoms with Crippen LogP contribution in [-0.4, -0.2) is 36.3 Å². The molecule has 0 bridgehead atoms. The Bertz CT molecular complexity index is 1300. The summed E-state index contributed by atoms with van der Waals surface area (Å²) in [7, 11) is 0. The minimum Gasteiger partial charge on any atom is -0.487 e. The summed E-state index contributed by atoms with van der Waals surface area (Å²) >= 11 is 0. The molecule has 4 aromatic rings. The van der Waals surface area contributed by atoms with Crippen molar-refractivity contribution >= 4 is 22.7 Å². The highest BCUT2D eigenvalue weighted by Crippen LogP contribution is 2.38. The molecular formula is C24H22N4O4. The molecule has 3 heterocycles. The lowest BCUT2D eigenvalue weighted by Crippen LogP contribution is -2.37. The van der Waals surface area contributed by atoms with Gasteiger partial charge >= 0.3 is 6.01 Å². The summed E-state index contributed by atoms with van der Waals surface area (Å²) in [6, 6.07) is 16.8. The van der Waals surface area contributed by atoms with Crippen LogP contribution in [0.15, 0.2) is 70.0 Å². The Morgan fingerprint density at radius 2 is 1.94 bits per heavy atom. The monoisotopic (exact) mass is 430 g/mol. The first-order valence-electron chi connectivity index (χ1n) is 10.4. The Morgan fingerprint density at radius 3 is 2.72 bits per heavy atom. The number of anilines is 2. The third-order valence-corrected chi connectivity index (χ3v) is 5.30. The molecule has 1 saturated heterocycles. The molecule has 8 nitrogen and oxygen atoms in total. The fourth-order valence-corrected chi connectivity index (χ4v) is 3.71. The topological polar surface area (TPSA) is 104 Å². The molecule has 0 spiro atoms. The molecule has 32 heavy (non-hydrogen) atoms. The van der Waals surface area contributed by atoms with Crippen molar-refractivity contribution in [1.29, 1.82) is 0 Å². The van der Waals surface area contributed by atoms with E-state index in [0.29, 0.717) is 54.3 Å². The summed E-state index contributed by atoms with van der Waals surface area (Å²) in [5.41, 5.74) is 8.94. The summed E-state index contributed by atoms with van der Waals surface area (Å²) in [4.78, 5) is 23.3. The summed E-state index contributed by atoms with van der Waals surface area (Å²) < 4.78 is 17.8. The summed E-state index contributed by atoms with van der Waals surface area (Å²) in [6.07, 6.45) is 1.72. The van der Waals surface area contributed by atoms with Crippen LogP contribution in [0.5, 0.6) is 5.75 Å². The van der Waals surface area contributed by atoms with E-state index in [-0.39, 0.29) is 18.2 Å². The number of aromatic nitrogens is 2. The highest BCUT2D eigenvalue weighted by Gasteiger charge is 2.21. The molecule has 0 unspecified atom stereocenters. The number of nitrogens with zero attached hydrogens (tertiary/aromatic N) is 3. The van der Waals surface area contributed by atoms with Gasteiger partial charge in [0.25, 0.3) is 5.56 Å². The molecule has 0 radical (unpaired) electrons. The smallest absolute Gasteiger partial charge is 0.301 e. The molecule has 0 saturated carbocycles. The number of hydrogen-bond acceptors (Lipinski definition) is 8. The number of rotatable bonds is 5. The van der Waals surface area contributed by atoms with Crippen molar-refractivity contribution in [2.75, 3.05) is 36.9 Å². The van der Waals surface area contributed by atoms with Crippen molar-refractivity contribution in [2.45, 2.75) is 6.61 Å². The average Bonchev–Trinajstić information content (AvgIpc) is 2.83. The van der Waals surface area contributed by atoms with Crippen LogP contribution in [-0.2, 0) is 11.3 Å². The van der Waals surface area contributed by atoms with Crippen LogP contribution in [0.25, 0.3) is 22.1 Å². The van der Waals surface area contributed by atoms with E-state index in [9.17, 15) is 4.79 Å².